The molecule has 2 nitrogen and oxygen atoms in total. The Morgan fingerprint density at radius 2 is 1.16 bits per heavy atom. The van der Waals surface area contributed by atoms with Gasteiger partial charge in [0.05, 0.1) is 6.04 Å². The summed E-state index contributed by atoms with van der Waals surface area (Å²) in [6.45, 7) is 0. The molecule has 0 radical (unpaired) electrons. The highest BCUT2D eigenvalue weighted by molar-refractivity contribution is 5.82. The number of hydrogen-bond acceptors (Lipinski definition) is 2. The Balaban J connectivity index is 1.18. The molecule has 3 aliphatic rings. The van der Waals surface area contributed by atoms with Crippen molar-refractivity contribution in [1.82, 2.24) is 0 Å². The lowest BCUT2D eigenvalue weighted by Crippen LogP contribution is -2.40. The van der Waals surface area contributed by atoms with Crippen LogP contribution in [-0.2, 0) is 19.3 Å². The number of benzene rings is 6. The predicted octanol–water partition coefficient (Wildman–Crippen LogP) is 9.80. The molecule has 212 valence electrons. The molecule has 0 saturated carbocycles. The third-order valence-corrected chi connectivity index (χ3v) is 10.0. The fraction of sp³-hybridized carbons (Fsp3) is 0.143. The van der Waals surface area contributed by atoms with E-state index in [2.05, 4.69) is 150 Å². The summed E-state index contributed by atoms with van der Waals surface area (Å²) < 4.78 is 0. The van der Waals surface area contributed by atoms with E-state index in [0.29, 0.717) is 0 Å². The van der Waals surface area contributed by atoms with Gasteiger partial charge in [0.2, 0.25) is 0 Å². The summed E-state index contributed by atoms with van der Waals surface area (Å²) in [6, 6.07) is 52.1. The monoisotopic (exact) mass is 566 g/mol. The molecule has 2 heteroatoms. The van der Waals surface area contributed by atoms with Crippen molar-refractivity contribution in [1.29, 1.82) is 0 Å². The molecule has 0 bridgehead atoms. The van der Waals surface area contributed by atoms with E-state index in [-0.39, 0.29) is 18.0 Å². The van der Waals surface area contributed by atoms with Crippen LogP contribution in [0.1, 0.15) is 50.9 Å². The van der Waals surface area contributed by atoms with Crippen molar-refractivity contribution in [3.63, 3.8) is 0 Å². The van der Waals surface area contributed by atoms with Crippen LogP contribution in [0.3, 0.4) is 0 Å². The fourth-order valence-electron chi connectivity index (χ4n) is 8.03. The highest BCUT2D eigenvalue weighted by Crippen LogP contribution is 2.49. The van der Waals surface area contributed by atoms with Crippen molar-refractivity contribution < 1.29 is 0 Å². The molecule has 6 aromatic carbocycles. The van der Waals surface area contributed by atoms with Gasteiger partial charge in [-0.25, -0.2) is 0 Å². The quantitative estimate of drug-likeness (QED) is 0.217. The van der Waals surface area contributed by atoms with Gasteiger partial charge in [0.25, 0.3) is 0 Å². The van der Waals surface area contributed by atoms with Crippen LogP contribution in [0.5, 0.6) is 0 Å². The average molecular weight is 567 g/mol. The first-order chi connectivity index (χ1) is 21.8. The third kappa shape index (κ3) is 4.25. The van der Waals surface area contributed by atoms with Crippen LogP contribution in [0, 0.1) is 0 Å². The van der Waals surface area contributed by atoms with Crippen LogP contribution in [0.15, 0.2) is 140 Å². The number of fused-ring (bicyclic) bond motifs is 7. The second-order valence-electron chi connectivity index (χ2n) is 12.6. The Labute approximate surface area is 259 Å². The Hall–Kier alpha value is -5.08. The second-order valence-corrected chi connectivity index (χ2v) is 12.6. The van der Waals surface area contributed by atoms with E-state index >= 15 is 0 Å². The van der Waals surface area contributed by atoms with Crippen molar-refractivity contribution >= 4 is 11.4 Å². The van der Waals surface area contributed by atoms with Crippen LogP contribution < -0.4 is 10.6 Å². The Kier molecular flexibility index (Phi) is 5.94. The minimum Gasteiger partial charge on any atom is -0.381 e. The first-order valence-corrected chi connectivity index (χ1v) is 15.9. The highest BCUT2D eigenvalue weighted by atomic mass is 15.0. The van der Waals surface area contributed by atoms with Crippen LogP contribution in [-0.4, -0.2) is 6.04 Å². The summed E-state index contributed by atoms with van der Waals surface area (Å²) in [5.41, 5.74) is 17.7. The van der Waals surface area contributed by atoms with Crippen LogP contribution in [0.25, 0.3) is 22.3 Å². The molecule has 6 aromatic rings. The molecule has 44 heavy (non-hydrogen) atoms. The molecule has 1 heterocycles. The number of nitrogens with one attached hydrogen (secondary N) is 2. The SMILES string of the molecule is c1ccc(C[C@H]2Nc3cc4c(cc3[C@@H](Nc3ccc5c(c3)Cc3ccccc3-5)[C@@H]2c2ccccc2)-c2ccccc2C4)cc1. The van der Waals surface area contributed by atoms with Gasteiger partial charge in [0, 0.05) is 23.3 Å². The summed E-state index contributed by atoms with van der Waals surface area (Å²) in [4.78, 5) is 0. The third-order valence-electron chi connectivity index (χ3n) is 10.0. The summed E-state index contributed by atoms with van der Waals surface area (Å²) >= 11 is 0. The van der Waals surface area contributed by atoms with Gasteiger partial charge in [-0.15, -0.1) is 0 Å². The Bertz CT molecular complexity index is 2010. The summed E-state index contributed by atoms with van der Waals surface area (Å²) in [7, 11) is 0. The zero-order valence-electron chi connectivity index (χ0n) is 24.6. The van der Waals surface area contributed by atoms with Crippen molar-refractivity contribution in [3.05, 3.63) is 178 Å². The van der Waals surface area contributed by atoms with Crippen molar-refractivity contribution in [2.75, 3.05) is 10.6 Å². The maximum atomic E-state index is 4.13. The zero-order chi connectivity index (χ0) is 29.0. The molecule has 1 aliphatic heterocycles. The smallest absolute Gasteiger partial charge is 0.0622 e. The lowest BCUT2D eigenvalue weighted by Gasteiger charge is -2.42. The minimum atomic E-state index is 0.0993. The molecule has 9 rings (SSSR count). The first kappa shape index (κ1) is 25.4. The van der Waals surface area contributed by atoms with E-state index in [4.69, 9.17) is 0 Å². The molecule has 0 saturated heterocycles. The normalized spacial score (nSPS) is 18.8. The van der Waals surface area contributed by atoms with Gasteiger partial charge in [-0.3, -0.25) is 0 Å². The Morgan fingerprint density at radius 1 is 0.545 bits per heavy atom. The topological polar surface area (TPSA) is 24.1 Å². The maximum absolute atomic E-state index is 4.13. The molecule has 0 spiro atoms. The highest BCUT2D eigenvalue weighted by Gasteiger charge is 2.39. The van der Waals surface area contributed by atoms with Gasteiger partial charge in [0.15, 0.2) is 0 Å². The van der Waals surface area contributed by atoms with Gasteiger partial charge in [0.1, 0.15) is 0 Å². The molecule has 3 atom stereocenters. The van der Waals surface area contributed by atoms with Gasteiger partial charge >= 0.3 is 0 Å². The van der Waals surface area contributed by atoms with Gasteiger partial charge in [-0.05, 0) is 105 Å². The van der Waals surface area contributed by atoms with E-state index < -0.39 is 0 Å². The van der Waals surface area contributed by atoms with E-state index in [1.807, 2.05) is 0 Å². The number of anilines is 2. The van der Waals surface area contributed by atoms with Crippen LogP contribution >= 0.6 is 0 Å². The average Bonchev–Trinajstić information content (AvgIpc) is 3.62. The fourth-order valence-corrected chi connectivity index (χ4v) is 8.03. The van der Waals surface area contributed by atoms with Gasteiger partial charge in [-0.1, -0.05) is 115 Å². The van der Waals surface area contributed by atoms with Gasteiger partial charge in [-0.2, -0.15) is 0 Å². The van der Waals surface area contributed by atoms with Crippen molar-refractivity contribution in [3.8, 4) is 22.3 Å². The lowest BCUT2D eigenvalue weighted by molar-refractivity contribution is 0.479. The molecule has 0 unspecified atom stereocenters. The zero-order valence-corrected chi connectivity index (χ0v) is 24.6. The van der Waals surface area contributed by atoms with Crippen molar-refractivity contribution in [2.45, 2.75) is 37.3 Å². The Morgan fingerprint density at radius 3 is 1.91 bits per heavy atom. The van der Waals surface area contributed by atoms with E-state index in [0.717, 1.165) is 19.3 Å². The van der Waals surface area contributed by atoms with E-state index in [1.165, 1.54) is 72.6 Å². The largest absolute Gasteiger partial charge is 0.381 e. The molecule has 0 aromatic heterocycles. The first-order valence-electron chi connectivity index (χ1n) is 15.9. The van der Waals surface area contributed by atoms with E-state index in [1.54, 1.807) is 0 Å². The molecule has 0 amide bonds. The van der Waals surface area contributed by atoms with E-state index in [9.17, 15) is 0 Å². The summed E-state index contributed by atoms with van der Waals surface area (Å²) in [5, 5.41) is 8.21. The summed E-state index contributed by atoms with van der Waals surface area (Å²) in [5.74, 6) is 0.226. The van der Waals surface area contributed by atoms with Crippen molar-refractivity contribution in [2.24, 2.45) is 0 Å². The summed E-state index contributed by atoms with van der Waals surface area (Å²) in [6.07, 6.45) is 2.94. The maximum Gasteiger partial charge on any atom is 0.0622 e. The molecule has 2 N–H and O–H groups in total. The molecular formula is C42H34N2. The molecule has 2 aliphatic carbocycles. The molecule has 0 fully saturated rings. The van der Waals surface area contributed by atoms with Crippen LogP contribution in [0.4, 0.5) is 11.4 Å². The number of rotatable bonds is 5. The van der Waals surface area contributed by atoms with Crippen LogP contribution in [0.2, 0.25) is 0 Å². The predicted molar refractivity (Wildman–Crippen MR) is 182 cm³/mol. The second kappa shape index (κ2) is 10.3. The molecular weight excluding hydrogens is 532 g/mol. The lowest BCUT2D eigenvalue weighted by atomic mass is 9.75. The number of hydrogen-bond donors (Lipinski definition) is 2. The minimum absolute atomic E-state index is 0.0993. The van der Waals surface area contributed by atoms with Gasteiger partial charge < -0.3 is 10.6 Å². The standard InChI is InChI=1S/C42H34N2/c1-3-11-27(12-4-1)21-40-41(28-13-5-2-6-14-28)42(43-33-19-20-36-31(24-33)22-29-15-7-9-17-34(29)36)38-26-37-32(25-39(38)44-40)23-30-16-8-10-18-35(30)37/h1-20,24-26,40-44H,21-23H2/t40-,41-,42-/m1/s1.